The Morgan fingerprint density at radius 2 is 2.07 bits per heavy atom. The minimum absolute atomic E-state index is 0.170. The van der Waals surface area contributed by atoms with E-state index in [-0.39, 0.29) is 13.1 Å². The summed E-state index contributed by atoms with van der Waals surface area (Å²) in [5.41, 5.74) is 0. The second kappa shape index (κ2) is 6.62. The van der Waals surface area contributed by atoms with Crippen LogP contribution in [-0.4, -0.2) is 54.9 Å². The minimum Gasteiger partial charge on any atom is -0.395 e. The van der Waals surface area contributed by atoms with E-state index in [1.807, 2.05) is 0 Å². The first kappa shape index (κ1) is 14.2. The van der Waals surface area contributed by atoms with Gasteiger partial charge in [0.25, 0.3) is 0 Å². The molecule has 0 unspecified atom stereocenters. The molecular formula is C8H15F3N2O2. The molecule has 0 radical (unpaired) electrons. The molecule has 0 atom stereocenters. The molecule has 0 aromatic rings. The predicted octanol–water partition coefficient (Wildman–Crippen LogP) is -0.0209. The highest BCUT2D eigenvalue weighted by atomic mass is 19.4. The van der Waals surface area contributed by atoms with E-state index in [0.717, 1.165) is 4.90 Å². The van der Waals surface area contributed by atoms with Crippen molar-refractivity contribution in [2.45, 2.75) is 13.1 Å². The van der Waals surface area contributed by atoms with Crippen LogP contribution in [0.3, 0.4) is 0 Å². The molecule has 0 aliphatic heterocycles. The van der Waals surface area contributed by atoms with E-state index in [1.165, 1.54) is 0 Å². The van der Waals surface area contributed by atoms with Crippen molar-refractivity contribution in [1.82, 2.24) is 10.2 Å². The molecule has 0 aromatic carbocycles. The summed E-state index contributed by atoms with van der Waals surface area (Å²) in [6.07, 6.45) is -4.36. The smallest absolute Gasteiger partial charge is 0.395 e. The molecule has 0 aliphatic carbocycles. The monoisotopic (exact) mass is 228 g/mol. The van der Waals surface area contributed by atoms with Crippen LogP contribution in [0.5, 0.6) is 0 Å². The van der Waals surface area contributed by atoms with Gasteiger partial charge in [0, 0.05) is 13.1 Å². The zero-order chi connectivity index (χ0) is 11.9. The standard InChI is InChI=1S/C8H15F3N2O2/c1-2-12-7(15)5-13(3-4-14)6-8(9,10)11/h14H,2-6H2,1H3,(H,12,15). The summed E-state index contributed by atoms with van der Waals surface area (Å²) < 4.78 is 36.0. The number of rotatable bonds is 6. The SMILES string of the molecule is CCNC(=O)CN(CCO)CC(F)(F)F. The summed E-state index contributed by atoms with van der Waals surface area (Å²) in [4.78, 5) is 11.9. The van der Waals surface area contributed by atoms with Crippen LogP contribution >= 0.6 is 0 Å². The first-order valence-corrected chi connectivity index (χ1v) is 4.55. The lowest BCUT2D eigenvalue weighted by atomic mass is 10.4. The molecule has 15 heavy (non-hydrogen) atoms. The predicted molar refractivity (Wildman–Crippen MR) is 48.3 cm³/mol. The molecule has 7 heteroatoms. The van der Waals surface area contributed by atoms with Gasteiger partial charge in [-0.1, -0.05) is 0 Å². The van der Waals surface area contributed by atoms with E-state index in [9.17, 15) is 18.0 Å². The van der Waals surface area contributed by atoms with Crippen LogP contribution in [0.25, 0.3) is 0 Å². The van der Waals surface area contributed by atoms with Crippen molar-refractivity contribution < 1.29 is 23.1 Å². The zero-order valence-electron chi connectivity index (χ0n) is 8.47. The quantitative estimate of drug-likeness (QED) is 0.671. The second-order valence-electron chi connectivity index (χ2n) is 3.00. The number of hydrogen-bond acceptors (Lipinski definition) is 3. The van der Waals surface area contributed by atoms with Crippen molar-refractivity contribution in [2.24, 2.45) is 0 Å². The maximum absolute atomic E-state index is 12.0. The number of aliphatic hydroxyl groups is 1. The normalized spacial score (nSPS) is 11.9. The number of halogens is 3. The Morgan fingerprint density at radius 1 is 1.47 bits per heavy atom. The molecule has 4 nitrogen and oxygen atoms in total. The van der Waals surface area contributed by atoms with Gasteiger partial charge in [-0.25, -0.2) is 0 Å². The Balaban J connectivity index is 4.09. The molecule has 0 saturated heterocycles. The van der Waals surface area contributed by atoms with Crippen LogP contribution in [0.2, 0.25) is 0 Å². The Bertz CT molecular complexity index is 197. The highest BCUT2D eigenvalue weighted by Crippen LogP contribution is 2.15. The number of carbonyl (C=O) groups is 1. The van der Waals surface area contributed by atoms with Crippen molar-refractivity contribution in [3.05, 3.63) is 0 Å². The number of carbonyl (C=O) groups excluding carboxylic acids is 1. The fourth-order valence-electron chi connectivity index (χ4n) is 1.07. The third kappa shape index (κ3) is 8.19. The molecule has 0 heterocycles. The number of aliphatic hydroxyl groups excluding tert-OH is 1. The van der Waals surface area contributed by atoms with Crippen LogP contribution in [-0.2, 0) is 4.79 Å². The number of hydrogen-bond donors (Lipinski definition) is 2. The fraction of sp³-hybridized carbons (Fsp3) is 0.875. The highest BCUT2D eigenvalue weighted by molar-refractivity contribution is 5.77. The molecule has 0 spiro atoms. The molecule has 1 amide bonds. The van der Waals surface area contributed by atoms with E-state index in [2.05, 4.69) is 5.32 Å². The maximum atomic E-state index is 12.0. The number of likely N-dealkylation sites (N-methyl/N-ethyl adjacent to an activating group) is 1. The minimum atomic E-state index is -4.36. The Kier molecular flexibility index (Phi) is 6.26. The molecule has 0 rings (SSSR count). The summed E-state index contributed by atoms with van der Waals surface area (Å²) >= 11 is 0. The van der Waals surface area contributed by atoms with Gasteiger partial charge in [0.15, 0.2) is 0 Å². The molecule has 0 aromatic heterocycles. The van der Waals surface area contributed by atoms with Gasteiger partial charge in [-0.3, -0.25) is 9.69 Å². The van der Waals surface area contributed by atoms with Crippen molar-refractivity contribution >= 4 is 5.91 Å². The lowest BCUT2D eigenvalue weighted by molar-refractivity contribution is -0.149. The van der Waals surface area contributed by atoms with Gasteiger partial charge in [-0.05, 0) is 6.92 Å². The van der Waals surface area contributed by atoms with Gasteiger partial charge < -0.3 is 10.4 Å². The first-order chi connectivity index (χ1) is 6.89. The molecule has 0 saturated carbocycles. The summed E-state index contributed by atoms with van der Waals surface area (Å²) in [5, 5.41) is 10.9. The summed E-state index contributed by atoms with van der Waals surface area (Å²) in [7, 11) is 0. The van der Waals surface area contributed by atoms with Crippen molar-refractivity contribution in [1.29, 1.82) is 0 Å². The van der Waals surface area contributed by atoms with Crippen molar-refractivity contribution in [2.75, 3.05) is 32.8 Å². The van der Waals surface area contributed by atoms with E-state index >= 15 is 0 Å². The Hall–Kier alpha value is -0.820. The Morgan fingerprint density at radius 3 is 2.47 bits per heavy atom. The number of nitrogens with one attached hydrogen (secondary N) is 1. The van der Waals surface area contributed by atoms with Gasteiger partial charge >= 0.3 is 6.18 Å². The molecule has 0 aliphatic rings. The van der Waals surface area contributed by atoms with E-state index in [4.69, 9.17) is 5.11 Å². The van der Waals surface area contributed by atoms with Gasteiger partial charge in [0.1, 0.15) is 0 Å². The van der Waals surface area contributed by atoms with Gasteiger partial charge in [0.05, 0.1) is 19.7 Å². The Labute approximate surface area is 86.1 Å². The zero-order valence-corrected chi connectivity index (χ0v) is 8.47. The van der Waals surface area contributed by atoms with Gasteiger partial charge in [-0.15, -0.1) is 0 Å². The van der Waals surface area contributed by atoms with E-state index in [1.54, 1.807) is 6.92 Å². The maximum Gasteiger partial charge on any atom is 0.401 e. The lowest BCUT2D eigenvalue weighted by Gasteiger charge is -2.21. The van der Waals surface area contributed by atoms with Crippen molar-refractivity contribution in [3.8, 4) is 0 Å². The number of amides is 1. The average molecular weight is 228 g/mol. The summed E-state index contributed by atoms with van der Waals surface area (Å²) in [6.45, 7) is -0.0689. The van der Waals surface area contributed by atoms with E-state index in [0.29, 0.717) is 6.54 Å². The van der Waals surface area contributed by atoms with Crippen LogP contribution < -0.4 is 5.32 Å². The summed E-state index contributed by atoms with van der Waals surface area (Å²) in [5.74, 6) is -0.477. The molecular weight excluding hydrogens is 213 g/mol. The summed E-state index contributed by atoms with van der Waals surface area (Å²) in [6, 6.07) is 0. The lowest BCUT2D eigenvalue weighted by Crippen LogP contribution is -2.43. The van der Waals surface area contributed by atoms with Gasteiger partial charge in [-0.2, -0.15) is 13.2 Å². The highest BCUT2D eigenvalue weighted by Gasteiger charge is 2.31. The molecule has 90 valence electrons. The fourth-order valence-corrected chi connectivity index (χ4v) is 1.07. The molecule has 2 N–H and O–H groups in total. The van der Waals surface area contributed by atoms with Gasteiger partial charge in [0.2, 0.25) is 5.91 Å². The molecule has 0 bridgehead atoms. The van der Waals surface area contributed by atoms with Crippen LogP contribution in [0.4, 0.5) is 13.2 Å². The second-order valence-corrected chi connectivity index (χ2v) is 3.00. The van der Waals surface area contributed by atoms with Crippen LogP contribution in [0, 0.1) is 0 Å². The third-order valence-corrected chi connectivity index (χ3v) is 1.56. The van der Waals surface area contributed by atoms with Crippen LogP contribution in [0.1, 0.15) is 6.92 Å². The molecule has 0 fully saturated rings. The van der Waals surface area contributed by atoms with Crippen molar-refractivity contribution in [3.63, 3.8) is 0 Å². The topological polar surface area (TPSA) is 52.6 Å². The average Bonchev–Trinajstić information content (AvgIpc) is 2.01. The third-order valence-electron chi connectivity index (χ3n) is 1.56. The number of nitrogens with zero attached hydrogens (tertiary/aromatic N) is 1. The first-order valence-electron chi connectivity index (χ1n) is 4.55. The van der Waals surface area contributed by atoms with Crippen LogP contribution in [0.15, 0.2) is 0 Å². The largest absolute Gasteiger partial charge is 0.401 e. The van der Waals surface area contributed by atoms with E-state index < -0.39 is 25.2 Å². The number of alkyl halides is 3.